The molecule has 0 radical (unpaired) electrons. The molecule has 6 nitrogen and oxygen atoms in total. The number of nitrogens with one attached hydrogen (secondary N) is 2. The Labute approximate surface area is 184 Å². The van der Waals surface area contributed by atoms with Crippen LogP contribution in [0.5, 0.6) is 5.75 Å². The fraction of sp³-hybridized carbons (Fsp3) is 0.520. The van der Waals surface area contributed by atoms with Crippen molar-refractivity contribution in [2.75, 3.05) is 13.1 Å². The van der Waals surface area contributed by atoms with Crippen molar-refractivity contribution in [3.05, 3.63) is 64.6 Å². The first-order chi connectivity index (χ1) is 15.2. The van der Waals surface area contributed by atoms with Crippen molar-refractivity contribution in [2.45, 2.75) is 70.1 Å². The summed E-state index contributed by atoms with van der Waals surface area (Å²) in [6, 6.07) is 13.9. The lowest BCUT2D eigenvalue weighted by molar-refractivity contribution is 0.0396. The van der Waals surface area contributed by atoms with Crippen LogP contribution in [-0.4, -0.2) is 29.2 Å². The summed E-state index contributed by atoms with van der Waals surface area (Å²) in [5.41, 5.74) is 1.24. The van der Waals surface area contributed by atoms with E-state index < -0.39 is 0 Å². The van der Waals surface area contributed by atoms with E-state index in [0.717, 1.165) is 63.4 Å². The standard InChI is InChI=1S/C25H34N4O2/c1-2-26-24(27-16-8-10-18-29-17-9-5-13-23(29)30)28-21-19-25(14-6-7-15-25)31-22-12-4-3-11-20(21)22/h3-5,9,11-13,17,21H,2,6-8,10,14-16,18-19H2,1H3,(H2,26,27,28). The van der Waals surface area contributed by atoms with Gasteiger partial charge < -0.3 is 19.9 Å². The van der Waals surface area contributed by atoms with E-state index in [2.05, 4.69) is 41.8 Å². The molecule has 0 amide bonds. The Morgan fingerprint density at radius 3 is 2.77 bits per heavy atom. The Morgan fingerprint density at radius 1 is 1.16 bits per heavy atom. The fourth-order valence-electron chi connectivity index (χ4n) is 4.79. The zero-order valence-electron chi connectivity index (χ0n) is 18.5. The highest BCUT2D eigenvalue weighted by atomic mass is 16.5. The van der Waals surface area contributed by atoms with Gasteiger partial charge in [0.25, 0.3) is 0 Å². The van der Waals surface area contributed by atoms with Gasteiger partial charge in [0.05, 0.1) is 6.04 Å². The normalized spacial score (nSPS) is 19.6. The maximum absolute atomic E-state index is 11.8. The maximum atomic E-state index is 11.8. The molecule has 4 rings (SSSR count). The number of para-hydroxylation sites is 1. The van der Waals surface area contributed by atoms with Crippen molar-refractivity contribution >= 4 is 5.96 Å². The van der Waals surface area contributed by atoms with Gasteiger partial charge in [-0.25, -0.2) is 0 Å². The lowest BCUT2D eigenvalue weighted by Crippen LogP contribution is -2.46. The number of pyridine rings is 1. The van der Waals surface area contributed by atoms with Gasteiger partial charge in [-0.15, -0.1) is 0 Å². The second-order valence-corrected chi connectivity index (χ2v) is 8.63. The second-order valence-electron chi connectivity index (χ2n) is 8.63. The van der Waals surface area contributed by atoms with Crippen LogP contribution in [-0.2, 0) is 6.54 Å². The van der Waals surface area contributed by atoms with Crippen molar-refractivity contribution in [1.82, 2.24) is 15.2 Å². The summed E-state index contributed by atoms with van der Waals surface area (Å²) in [4.78, 5) is 16.6. The summed E-state index contributed by atoms with van der Waals surface area (Å²) in [5.74, 6) is 1.87. The molecule has 0 bridgehead atoms. The largest absolute Gasteiger partial charge is 0.487 e. The molecule has 2 heterocycles. The van der Waals surface area contributed by atoms with Crippen LogP contribution < -0.4 is 20.9 Å². The Balaban J connectivity index is 1.38. The molecular weight excluding hydrogens is 388 g/mol. The minimum atomic E-state index is -0.0354. The Hall–Kier alpha value is -2.76. The molecule has 166 valence electrons. The van der Waals surface area contributed by atoms with E-state index in [0.29, 0.717) is 0 Å². The lowest BCUT2D eigenvalue weighted by Gasteiger charge is -2.40. The van der Waals surface area contributed by atoms with Crippen molar-refractivity contribution in [2.24, 2.45) is 4.99 Å². The molecule has 1 aromatic carbocycles. The van der Waals surface area contributed by atoms with Crippen LogP contribution in [0.25, 0.3) is 0 Å². The SMILES string of the molecule is CCNC(=NCCCCn1ccccc1=O)NC1CC2(CCCC2)Oc2ccccc21. The summed E-state index contributed by atoms with van der Waals surface area (Å²) in [7, 11) is 0. The first-order valence-electron chi connectivity index (χ1n) is 11.7. The average Bonchev–Trinajstić information content (AvgIpc) is 3.22. The molecule has 31 heavy (non-hydrogen) atoms. The van der Waals surface area contributed by atoms with E-state index in [-0.39, 0.29) is 17.2 Å². The second kappa shape index (κ2) is 10.0. The molecule has 2 N–H and O–H groups in total. The third-order valence-corrected chi connectivity index (χ3v) is 6.34. The molecule has 1 saturated carbocycles. The first-order valence-corrected chi connectivity index (χ1v) is 11.7. The van der Waals surface area contributed by atoms with Gasteiger partial charge in [-0.1, -0.05) is 24.3 Å². The fourth-order valence-corrected chi connectivity index (χ4v) is 4.79. The highest BCUT2D eigenvalue weighted by molar-refractivity contribution is 5.80. The number of hydrogen-bond donors (Lipinski definition) is 2. The molecule has 2 aliphatic rings. The molecule has 1 unspecified atom stereocenters. The lowest BCUT2D eigenvalue weighted by atomic mass is 9.86. The Kier molecular flexibility index (Phi) is 6.95. The van der Waals surface area contributed by atoms with E-state index >= 15 is 0 Å². The van der Waals surface area contributed by atoms with Gasteiger partial charge in [0.2, 0.25) is 5.56 Å². The number of rotatable bonds is 7. The van der Waals surface area contributed by atoms with Crippen LogP contribution in [0.3, 0.4) is 0 Å². The van der Waals surface area contributed by atoms with Gasteiger partial charge in [0.15, 0.2) is 5.96 Å². The van der Waals surface area contributed by atoms with Crippen molar-refractivity contribution in [3.8, 4) is 5.75 Å². The summed E-state index contributed by atoms with van der Waals surface area (Å²) >= 11 is 0. The van der Waals surface area contributed by atoms with Gasteiger partial charge in [-0.05, 0) is 57.6 Å². The quantitative estimate of drug-likeness (QED) is 0.402. The highest BCUT2D eigenvalue weighted by Gasteiger charge is 2.43. The number of guanidine groups is 1. The van der Waals surface area contributed by atoms with Crippen LogP contribution in [0.2, 0.25) is 0 Å². The predicted molar refractivity (Wildman–Crippen MR) is 125 cm³/mol. The van der Waals surface area contributed by atoms with Gasteiger partial charge >= 0.3 is 0 Å². The number of aryl methyl sites for hydroxylation is 1. The van der Waals surface area contributed by atoms with Gasteiger partial charge in [0, 0.05) is 43.9 Å². The molecular formula is C25H34N4O2. The summed E-state index contributed by atoms with van der Waals surface area (Å²) in [6.07, 6.45) is 9.44. The maximum Gasteiger partial charge on any atom is 0.250 e. The zero-order chi connectivity index (χ0) is 21.5. The van der Waals surface area contributed by atoms with Crippen LogP contribution >= 0.6 is 0 Å². The number of fused-ring (bicyclic) bond motifs is 1. The third kappa shape index (κ3) is 5.30. The van der Waals surface area contributed by atoms with E-state index in [4.69, 9.17) is 9.73 Å². The molecule has 1 aliphatic carbocycles. The number of nitrogens with zero attached hydrogens (tertiary/aromatic N) is 2. The third-order valence-electron chi connectivity index (χ3n) is 6.34. The molecule has 6 heteroatoms. The van der Waals surface area contributed by atoms with Crippen molar-refractivity contribution in [1.29, 1.82) is 0 Å². The molecule has 1 aromatic heterocycles. The summed E-state index contributed by atoms with van der Waals surface area (Å²) in [6.45, 7) is 4.37. The monoisotopic (exact) mass is 422 g/mol. The number of unbranched alkanes of at least 4 members (excludes halogenated alkanes) is 1. The van der Waals surface area contributed by atoms with Crippen molar-refractivity contribution < 1.29 is 4.74 Å². The summed E-state index contributed by atoms with van der Waals surface area (Å²) in [5, 5.41) is 7.09. The molecule has 2 aromatic rings. The number of aromatic nitrogens is 1. The van der Waals surface area contributed by atoms with E-state index in [1.165, 1.54) is 18.4 Å². The molecule has 1 spiro atoms. The average molecular weight is 423 g/mol. The zero-order valence-corrected chi connectivity index (χ0v) is 18.5. The van der Waals surface area contributed by atoms with Gasteiger partial charge in [0.1, 0.15) is 11.4 Å². The number of hydrogen-bond acceptors (Lipinski definition) is 3. The van der Waals surface area contributed by atoms with E-state index in [1.54, 1.807) is 16.7 Å². The smallest absolute Gasteiger partial charge is 0.250 e. The molecule has 1 fully saturated rings. The number of aliphatic imine (C=N–C) groups is 1. The minimum Gasteiger partial charge on any atom is -0.487 e. The van der Waals surface area contributed by atoms with E-state index in [9.17, 15) is 4.79 Å². The van der Waals surface area contributed by atoms with Crippen molar-refractivity contribution in [3.63, 3.8) is 0 Å². The topological polar surface area (TPSA) is 67.7 Å². The van der Waals surface area contributed by atoms with Crippen LogP contribution in [0.1, 0.15) is 63.5 Å². The van der Waals surface area contributed by atoms with E-state index in [1.807, 2.05) is 12.3 Å². The molecule has 1 aliphatic heterocycles. The Morgan fingerprint density at radius 2 is 1.97 bits per heavy atom. The van der Waals surface area contributed by atoms with Crippen LogP contribution in [0.15, 0.2) is 58.4 Å². The van der Waals surface area contributed by atoms with Gasteiger partial charge in [-0.3, -0.25) is 9.79 Å². The van der Waals surface area contributed by atoms with Crippen LogP contribution in [0.4, 0.5) is 0 Å². The van der Waals surface area contributed by atoms with Gasteiger partial charge in [-0.2, -0.15) is 0 Å². The number of ether oxygens (including phenoxy) is 1. The van der Waals surface area contributed by atoms with Crippen LogP contribution in [0, 0.1) is 0 Å². The predicted octanol–water partition coefficient (Wildman–Crippen LogP) is 4.02. The first kappa shape index (κ1) is 21.5. The minimum absolute atomic E-state index is 0.0354. The highest BCUT2D eigenvalue weighted by Crippen LogP contribution is 2.46. The number of benzene rings is 1. The molecule has 0 saturated heterocycles. The Bertz CT molecular complexity index is 946. The molecule has 1 atom stereocenters. The summed E-state index contributed by atoms with van der Waals surface area (Å²) < 4.78 is 8.25.